The quantitative estimate of drug-likeness (QED) is 0.579. The highest BCUT2D eigenvalue weighted by Gasteiger charge is 2.17. The Labute approximate surface area is 172 Å². The zero-order chi connectivity index (χ0) is 20.0. The number of amides is 2. The van der Waals surface area contributed by atoms with E-state index in [-0.39, 0.29) is 16.7 Å². The van der Waals surface area contributed by atoms with Crippen LogP contribution in [-0.2, 0) is 22.1 Å². The van der Waals surface area contributed by atoms with Gasteiger partial charge in [0.25, 0.3) is 0 Å². The van der Waals surface area contributed by atoms with E-state index in [1.54, 1.807) is 42.7 Å². The molecule has 0 unspecified atom stereocenters. The maximum atomic E-state index is 12.6. The number of carbonyl (C=O) groups is 1. The Kier molecular flexibility index (Phi) is 6.43. The first-order chi connectivity index (χ1) is 13.4. The summed E-state index contributed by atoms with van der Waals surface area (Å²) in [7, 11) is -3.49. The largest absolute Gasteiger partial charge is 0.334 e. The van der Waals surface area contributed by atoms with E-state index in [1.807, 2.05) is 18.2 Å². The maximum absolute atomic E-state index is 12.6. The Morgan fingerprint density at radius 3 is 2.43 bits per heavy atom. The molecule has 2 amide bonds. The minimum atomic E-state index is -3.49. The number of halogens is 1. The summed E-state index contributed by atoms with van der Waals surface area (Å²) in [6.45, 7) is 0.345. The Morgan fingerprint density at radius 1 is 1.00 bits per heavy atom. The minimum Gasteiger partial charge on any atom is -0.334 e. The van der Waals surface area contributed by atoms with Gasteiger partial charge in [-0.1, -0.05) is 40.2 Å². The number of sulfone groups is 1. The summed E-state index contributed by atoms with van der Waals surface area (Å²) in [4.78, 5) is 16.2. The number of nitrogens with one attached hydrogen (secondary N) is 2. The van der Waals surface area contributed by atoms with E-state index in [1.165, 1.54) is 12.1 Å². The molecule has 0 bridgehead atoms. The third-order valence-corrected chi connectivity index (χ3v) is 6.41. The van der Waals surface area contributed by atoms with Crippen molar-refractivity contribution in [1.29, 1.82) is 0 Å². The highest BCUT2D eigenvalue weighted by molar-refractivity contribution is 9.10. The Hall–Kier alpha value is -2.71. The molecule has 0 aliphatic heterocycles. The van der Waals surface area contributed by atoms with Gasteiger partial charge in [0.05, 0.1) is 10.6 Å². The van der Waals surface area contributed by atoms with Crippen LogP contribution in [0.5, 0.6) is 0 Å². The zero-order valence-corrected chi connectivity index (χ0v) is 17.2. The highest BCUT2D eigenvalue weighted by atomic mass is 79.9. The minimum absolute atomic E-state index is 0.104. The molecule has 2 aromatic carbocycles. The fourth-order valence-electron chi connectivity index (χ4n) is 2.51. The summed E-state index contributed by atoms with van der Waals surface area (Å²) >= 11 is 3.37. The fraction of sp³-hybridized carbons (Fsp3) is 0.100. The predicted octanol–water partition coefficient (Wildman–Crippen LogP) is 4.14. The molecule has 0 atom stereocenters. The van der Waals surface area contributed by atoms with Crippen molar-refractivity contribution >= 4 is 37.5 Å². The summed E-state index contributed by atoms with van der Waals surface area (Å²) in [5.74, 6) is -0.104. The van der Waals surface area contributed by atoms with Crippen molar-refractivity contribution in [1.82, 2.24) is 10.3 Å². The summed E-state index contributed by atoms with van der Waals surface area (Å²) in [6, 6.07) is 16.6. The third-order valence-electron chi connectivity index (χ3n) is 3.95. The molecule has 1 heterocycles. The summed E-state index contributed by atoms with van der Waals surface area (Å²) in [6.07, 6.45) is 3.33. The van der Waals surface area contributed by atoms with E-state index < -0.39 is 9.84 Å². The second-order valence-electron chi connectivity index (χ2n) is 6.04. The number of carbonyl (C=O) groups excluding carboxylic acids is 1. The van der Waals surface area contributed by atoms with Crippen LogP contribution >= 0.6 is 15.9 Å². The molecule has 3 rings (SSSR count). The number of hydrogen-bond donors (Lipinski definition) is 2. The average molecular weight is 460 g/mol. The number of anilines is 1. The van der Waals surface area contributed by atoms with Crippen LogP contribution in [0, 0.1) is 0 Å². The summed E-state index contributed by atoms with van der Waals surface area (Å²) in [5.41, 5.74) is 2.08. The molecule has 6 nitrogen and oxygen atoms in total. The highest BCUT2D eigenvalue weighted by Crippen LogP contribution is 2.23. The van der Waals surface area contributed by atoms with Gasteiger partial charge in [-0.25, -0.2) is 13.2 Å². The number of rotatable bonds is 6. The molecule has 1 aromatic heterocycles. The smallest absolute Gasteiger partial charge is 0.319 e. The molecule has 0 saturated heterocycles. The standard InChI is InChI=1S/C20H18BrN3O3S/c21-19-6-2-1-5-16(19)14-28(26,27)18-9-7-17(8-10-18)24-20(25)23-13-15-4-3-11-22-12-15/h1-12H,13-14H2,(H2,23,24,25). The van der Waals surface area contributed by atoms with Crippen LogP contribution in [0.15, 0.2) is 82.4 Å². The molecule has 0 aliphatic carbocycles. The molecular weight excluding hydrogens is 442 g/mol. The van der Waals surface area contributed by atoms with Gasteiger partial charge < -0.3 is 10.6 Å². The van der Waals surface area contributed by atoms with E-state index in [0.717, 1.165) is 10.0 Å². The number of benzene rings is 2. The lowest BCUT2D eigenvalue weighted by Gasteiger charge is -2.09. The lowest BCUT2D eigenvalue weighted by Crippen LogP contribution is -2.28. The first-order valence-electron chi connectivity index (χ1n) is 8.44. The van der Waals surface area contributed by atoms with Crippen molar-refractivity contribution in [2.45, 2.75) is 17.2 Å². The molecule has 8 heteroatoms. The van der Waals surface area contributed by atoms with E-state index in [4.69, 9.17) is 0 Å². The van der Waals surface area contributed by atoms with E-state index in [2.05, 4.69) is 31.5 Å². The third kappa shape index (κ3) is 5.40. The van der Waals surface area contributed by atoms with Crippen molar-refractivity contribution in [3.63, 3.8) is 0 Å². The molecule has 144 valence electrons. The Morgan fingerprint density at radius 2 is 1.75 bits per heavy atom. The molecule has 0 spiro atoms. The molecule has 0 saturated carbocycles. The Balaban J connectivity index is 1.61. The van der Waals surface area contributed by atoms with Crippen molar-refractivity contribution < 1.29 is 13.2 Å². The second kappa shape index (κ2) is 8.99. The van der Waals surface area contributed by atoms with Crippen molar-refractivity contribution in [3.8, 4) is 0 Å². The monoisotopic (exact) mass is 459 g/mol. The number of urea groups is 1. The molecule has 0 aliphatic rings. The first-order valence-corrected chi connectivity index (χ1v) is 10.9. The molecule has 0 fully saturated rings. The van der Waals surface area contributed by atoms with E-state index >= 15 is 0 Å². The Bertz CT molecular complexity index is 1060. The number of aromatic nitrogens is 1. The van der Waals surface area contributed by atoms with Crippen LogP contribution in [-0.4, -0.2) is 19.4 Å². The van der Waals surface area contributed by atoms with Crippen LogP contribution in [0.3, 0.4) is 0 Å². The molecule has 0 radical (unpaired) electrons. The number of hydrogen-bond acceptors (Lipinski definition) is 4. The van der Waals surface area contributed by atoms with Gasteiger partial charge in [-0.15, -0.1) is 0 Å². The van der Waals surface area contributed by atoms with Crippen LogP contribution in [0.2, 0.25) is 0 Å². The lowest BCUT2D eigenvalue weighted by molar-refractivity contribution is 0.251. The molecule has 3 aromatic rings. The topological polar surface area (TPSA) is 88.2 Å². The van der Waals surface area contributed by atoms with Crippen molar-refractivity contribution in [2.75, 3.05) is 5.32 Å². The molecule has 28 heavy (non-hydrogen) atoms. The fourth-order valence-corrected chi connectivity index (χ4v) is 4.50. The van der Waals surface area contributed by atoms with Crippen LogP contribution < -0.4 is 10.6 Å². The average Bonchev–Trinajstić information content (AvgIpc) is 2.69. The van der Waals surface area contributed by atoms with Gasteiger partial charge in [0.1, 0.15) is 0 Å². The normalized spacial score (nSPS) is 11.0. The SMILES string of the molecule is O=C(NCc1cccnc1)Nc1ccc(S(=O)(=O)Cc2ccccc2Br)cc1. The zero-order valence-electron chi connectivity index (χ0n) is 14.8. The number of nitrogens with zero attached hydrogens (tertiary/aromatic N) is 1. The maximum Gasteiger partial charge on any atom is 0.319 e. The van der Waals surface area contributed by atoms with Crippen molar-refractivity contribution in [3.05, 3.63) is 88.7 Å². The van der Waals surface area contributed by atoms with E-state index in [9.17, 15) is 13.2 Å². The van der Waals surface area contributed by atoms with Gasteiger partial charge in [-0.3, -0.25) is 4.98 Å². The van der Waals surface area contributed by atoms with Gasteiger partial charge in [0.2, 0.25) is 0 Å². The second-order valence-corrected chi connectivity index (χ2v) is 8.89. The lowest BCUT2D eigenvalue weighted by atomic mass is 10.2. The summed E-state index contributed by atoms with van der Waals surface area (Å²) in [5, 5.41) is 5.39. The van der Waals surface area contributed by atoms with Gasteiger partial charge in [0.15, 0.2) is 9.84 Å². The van der Waals surface area contributed by atoms with Crippen molar-refractivity contribution in [2.24, 2.45) is 0 Å². The van der Waals surface area contributed by atoms with E-state index in [0.29, 0.717) is 17.8 Å². The molecule has 2 N–H and O–H groups in total. The summed E-state index contributed by atoms with van der Waals surface area (Å²) < 4.78 is 26.0. The van der Waals surface area contributed by atoms with Gasteiger partial charge in [-0.05, 0) is 47.5 Å². The van der Waals surface area contributed by atoms with Crippen LogP contribution in [0.1, 0.15) is 11.1 Å². The van der Waals surface area contributed by atoms with Crippen LogP contribution in [0.4, 0.5) is 10.5 Å². The predicted molar refractivity (Wildman–Crippen MR) is 112 cm³/mol. The van der Waals surface area contributed by atoms with Crippen LogP contribution in [0.25, 0.3) is 0 Å². The molecular formula is C20H18BrN3O3S. The number of pyridine rings is 1. The van der Waals surface area contributed by atoms with Gasteiger partial charge >= 0.3 is 6.03 Å². The van der Waals surface area contributed by atoms with Gasteiger partial charge in [0, 0.05) is 29.1 Å². The van der Waals surface area contributed by atoms with Gasteiger partial charge in [-0.2, -0.15) is 0 Å². The first kappa shape index (κ1) is 20.0.